The molecule has 180 valence electrons. The molecule has 5 rings (SSSR count). The maximum atomic E-state index is 13.0. The average Bonchev–Trinajstić information content (AvgIpc) is 3.16. The second-order valence-electron chi connectivity index (χ2n) is 7.95. The number of rotatable bonds is 6. The number of carbonyl (C=O) groups is 2. The molecular formula is C28H19BrClNO4S. The first kappa shape index (κ1) is 24.4. The lowest BCUT2D eigenvalue weighted by Crippen LogP contribution is -2.27. The highest BCUT2D eigenvalue weighted by Crippen LogP contribution is 2.40. The van der Waals surface area contributed by atoms with Gasteiger partial charge in [-0.3, -0.25) is 9.59 Å². The van der Waals surface area contributed by atoms with Crippen molar-refractivity contribution >= 4 is 73.0 Å². The number of methoxy groups -OCH3 is 1. The highest BCUT2D eigenvalue weighted by molar-refractivity contribution is 9.10. The minimum absolute atomic E-state index is 0.298. The number of benzene rings is 4. The molecule has 5 nitrogen and oxygen atoms in total. The molecule has 0 unspecified atom stereocenters. The van der Waals surface area contributed by atoms with Crippen LogP contribution in [0.5, 0.6) is 11.5 Å². The van der Waals surface area contributed by atoms with E-state index in [-0.39, 0.29) is 5.24 Å². The number of thioether (sulfide) groups is 1. The molecule has 8 heteroatoms. The summed E-state index contributed by atoms with van der Waals surface area (Å²) < 4.78 is 12.4. The first-order valence-corrected chi connectivity index (χ1v) is 12.9. The molecule has 0 saturated carbocycles. The molecule has 0 aliphatic carbocycles. The van der Waals surface area contributed by atoms with Gasteiger partial charge in [-0.1, -0.05) is 76.1 Å². The van der Waals surface area contributed by atoms with E-state index in [9.17, 15) is 9.59 Å². The van der Waals surface area contributed by atoms with Crippen LogP contribution >= 0.6 is 39.3 Å². The Labute approximate surface area is 225 Å². The Morgan fingerprint density at radius 3 is 2.56 bits per heavy atom. The van der Waals surface area contributed by atoms with Crippen molar-refractivity contribution in [2.75, 3.05) is 12.0 Å². The lowest BCUT2D eigenvalue weighted by molar-refractivity contribution is -0.113. The molecule has 4 aromatic rings. The molecule has 2 amide bonds. The zero-order valence-electron chi connectivity index (χ0n) is 19.0. The molecule has 1 fully saturated rings. The molecule has 4 aromatic carbocycles. The highest BCUT2D eigenvalue weighted by Gasteiger charge is 2.36. The maximum Gasteiger partial charge on any atom is 0.298 e. The molecule has 0 atom stereocenters. The van der Waals surface area contributed by atoms with Gasteiger partial charge in [0.15, 0.2) is 11.5 Å². The summed E-state index contributed by atoms with van der Waals surface area (Å²) >= 11 is 10.5. The van der Waals surface area contributed by atoms with Gasteiger partial charge >= 0.3 is 0 Å². The Morgan fingerprint density at radius 2 is 1.75 bits per heavy atom. The third-order valence-electron chi connectivity index (χ3n) is 5.69. The van der Waals surface area contributed by atoms with Gasteiger partial charge in [0.05, 0.1) is 17.7 Å². The molecule has 0 N–H and O–H groups in total. The molecule has 1 heterocycles. The van der Waals surface area contributed by atoms with Crippen LogP contribution < -0.4 is 14.4 Å². The maximum absolute atomic E-state index is 13.0. The first-order valence-electron chi connectivity index (χ1n) is 10.9. The predicted octanol–water partition coefficient (Wildman–Crippen LogP) is 8.08. The fraction of sp³-hybridized carbons (Fsp3) is 0.0714. The van der Waals surface area contributed by atoms with Crippen LogP contribution in [0.3, 0.4) is 0 Å². The van der Waals surface area contributed by atoms with Gasteiger partial charge in [0.1, 0.15) is 6.61 Å². The van der Waals surface area contributed by atoms with Crippen molar-refractivity contribution in [3.8, 4) is 11.5 Å². The van der Waals surface area contributed by atoms with Gasteiger partial charge in [-0.2, -0.15) is 0 Å². The van der Waals surface area contributed by atoms with Crippen LogP contribution in [0.25, 0.3) is 16.8 Å². The number of halogens is 2. The van der Waals surface area contributed by atoms with Gasteiger partial charge in [-0.25, -0.2) is 4.90 Å². The van der Waals surface area contributed by atoms with Crippen molar-refractivity contribution in [1.29, 1.82) is 0 Å². The number of hydrogen-bond acceptors (Lipinski definition) is 5. The van der Waals surface area contributed by atoms with Crippen molar-refractivity contribution in [3.63, 3.8) is 0 Å². The van der Waals surface area contributed by atoms with Crippen molar-refractivity contribution < 1.29 is 19.1 Å². The zero-order chi connectivity index (χ0) is 25.2. The van der Waals surface area contributed by atoms with Gasteiger partial charge in [0.2, 0.25) is 0 Å². The molecule has 0 bridgehead atoms. The summed E-state index contributed by atoms with van der Waals surface area (Å²) in [7, 11) is 1.56. The van der Waals surface area contributed by atoms with E-state index in [0.29, 0.717) is 43.8 Å². The average molecular weight is 581 g/mol. The second-order valence-corrected chi connectivity index (χ2v) is 10.2. The lowest BCUT2D eigenvalue weighted by Gasteiger charge is -2.14. The summed E-state index contributed by atoms with van der Waals surface area (Å²) in [5, 5.41) is 2.34. The van der Waals surface area contributed by atoms with Crippen LogP contribution in [-0.4, -0.2) is 18.3 Å². The SMILES string of the molecule is COc1cc(/C=C2/SC(=O)N(c3cccc(Cl)c3)C2=O)c(Br)cc1OCc1cccc2ccccc12. The Hall–Kier alpha value is -3.26. The van der Waals surface area contributed by atoms with Gasteiger partial charge in [-0.05, 0) is 70.1 Å². The Balaban J connectivity index is 1.41. The van der Waals surface area contributed by atoms with E-state index in [2.05, 4.69) is 34.1 Å². The Kier molecular flexibility index (Phi) is 7.05. The van der Waals surface area contributed by atoms with Crippen molar-refractivity contribution in [3.05, 3.63) is 104 Å². The Bertz CT molecular complexity index is 1530. The summed E-state index contributed by atoms with van der Waals surface area (Å²) in [6.45, 7) is 0.363. The molecule has 0 radical (unpaired) electrons. The lowest BCUT2D eigenvalue weighted by atomic mass is 10.1. The number of ether oxygens (including phenoxy) is 2. The molecule has 1 aliphatic heterocycles. The molecule has 1 saturated heterocycles. The fourth-order valence-corrected chi connectivity index (χ4v) is 5.41. The van der Waals surface area contributed by atoms with E-state index in [0.717, 1.165) is 33.0 Å². The second kappa shape index (κ2) is 10.4. The summed E-state index contributed by atoms with van der Waals surface area (Å²) in [5.41, 5.74) is 2.17. The minimum atomic E-state index is -0.408. The zero-order valence-corrected chi connectivity index (χ0v) is 22.2. The minimum Gasteiger partial charge on any atom is -0.493 e. The van der Waals surface area contributed by atoms with Crippen LogP contribution in [0, 0.1) is 0 Å². The van der Waals surface area contributed by atoms with Crippen LogP contribution in [0.1, 0.15) is 11.1 Å². The predicted molar refractivity (Wildman–Crippen MR) is 149 cm³/mol. The van der Waals surface area contributed by atoms with E-state index < -0.39 is 5.91 Å². The number of amides is 2. The largest absolute Gasteiger partial charge is 0.493 e. The van der Waals surface area contributed by atoms with E-state index >= 15 is 0 Å². The molecule has 0 spiro atoms. The topological polar surface area (TPSA) is 55.8 Å². The van der Waals surface area contributed by atoms with E-state index in [4.69, 9.17) is 21.1 Å². The van der Waals surface area contributed by atoms with Crippen LogP contribution in [0.2, 0.25) is 5.02 Å². The quantitative estimate of drug-likeness (QED) is 0.216. The van der Waals surface area contributed by atoms with Gasteiger partial charge in [-0.15, -0.1) is 0 Å². The van der Waals surface area contributed by atoms with Gasteiger partial charge in [0, 0.05) is 9.50 Å². The summed E-state index contributed by atoms with van der Waals surface area (Å²) in [4.78, 5) is 27.1. The summed E-state index contributed by atoms with van der Waals surface area (Å²) in [6, 6.07) is 24.5. The van der Waals surface area contributed by atoms with E-state index in [1.807, 2.05) is 24.3 Å². The highest BCUT2D eigenvalue weighted by atomic mass is 79.9. The number of imide groups is 1. The standard InChI is InChI=1S/C28H19BrClNO4S/c1-34-24-12-19(13-26-27(32)31(28(33)36-26)21-10-5-9-20(30)14-21)23(29)15-25(24)35-16-18-8-4-7-17-6-2-3-11-22(17)18/h2-15H,16H2,1H3/b26-13+. The van der Waals surface area contributed by atoms with E-state index in [1.54, 1.807) is 49.6 Å². The first-order chi connectivity index (χ1) is 17.4. The van der Waals surface area contributed by atoms with Crippen molar-refractivity contribution in [2.45, 2.75) is 6.61 Å². The van der Waals surface area contributed by atoms with Crippen LogP contribution in [0.4, 0.5) is 10.5 Å². The van der Waals surface area contributed by atoms with Crippen LogP contribution in [0.15, 0.2) is 88.2 Å². The molecule has 36 heavy (non-hydrogen) atoms. The third kappa shape index (κ3) is 4.87. The normalized spacial score (nSPS) is 14.6. The van der Waals surface area contributed by atoms with Crippen molar-refractivity contribution in [2.24, 2.45) is 0 Å². The molecule has 0 aromatic heterocycles. The van der Waals surface area contributed by atoms with Gasteiger partial charge < -0.3 is 9.47 Å². The number of carbonyl (C=O) groups excluding carboxylic acids is 2. The van der Waals surface area contributed by atoms with Crippen LogP contribution in [-0.2, 0) is 11.4 Å². The monoisotopic (exact) mass is 579 g/mol. The Morgan fingerprint density at radius 1 is 0.972 bits per heavy atom. The van der Waals surface area contributed by atoms with E-state index in [1.165, 1.54) is 0 Å². The summed E-state index contributed by atoms with van der Waals surface area (Å²) in [6.07, 6.45) is 1.66. The molecule has 1 aliphatic rings. The van der Waals surface area contributed by atoms with Crippen molar-refractivity contribution in [1.82, 2.24) is 0 Å². The number of hydrogen-bond donors (Lipinski definition) is 0. The molecular weight excluding hydrogens is 562 g/mol. The smallest absolute Gasteiger partial charge is 0.298 e. The number of nitrogens with zero attached hydrogens (tertiary/aromatic N) is 1. The third-order valence-corrected chi connectivity index (χ3v) is 7.48. The fourth-order valence-electron chi connectivity index (χ4n) is 3.95. The number of fused-ring (bicyclic) bond motifs is 1. The summed E-state index contributed by atoms with van der Waals surface area (Å²) in [5.74, 6) is 0.662. The van der Waals surface area contributed by atoms with Gasteiger partial charge in [0.25, 0.3) is 11.1 Å². The number of anilines is 1.